The number of nitrogens with one attached hydrogen (secondary N) is 2. The molecule has 0 unspecified atom stereocenters. The van der Waals surface area contributed by atoms with Crippen LogP contribution in [0.3, 0.4) is 0 Å². The van der Waals surface area contributed by atoms with E-state index in [9.17, 15) is 4.79 Å². The topological polar surface area (TPSA) is 73.5 Å². The average molecular weight is 558 g/mol. The van der Waals surface area contributed by atoms with E-state index in [1.54, 1.807) is 0 Å². The summed E-state index contributed by atoms with van der Waals surface area (Å²) in [6, 6.07) is 22.4. The van der Waals surface area contributed by atoms with Crippen LogP contribution in [0.25, 0.3) is 22.2 Å². The fraction of sp³-hybridized carbons (Fsp3) is 0.375. The minimum absolute atomic E-state index is 0.133. The smallest absolute Gasteiger partial charge is 0.251 e. The van der Waals surface area contributed by atoms with E-state index in [2.05, 4.69) is 63.4 Å². The van der Waals surface area contributed by atoms with Gasteiger partial charge in [0.15, 0.2) is 0 Å². The number of amides is 1. The molecule has 7 nitrogen and oxygen atoms in total. The van der Waals surface area contributed by atoms with Crippen molar-refractivity contribution in [1.29, 1.82) is 0 Å². The number of rotatable bonds is 7. The molecule has 3 heterocycles. The highest BCUT2D eigenvalue weighted by atomic mass is 35.5. The number of H-pyrrole nitrogens is 1. The predicted molar refractivity (Wildman–Crippen MR) is 161 cm³/mol. The van der Waals surface area contributed by atoms with Crippen LogP contribution in [0.1, 0.15) is 42.2 Å². The van der Waals surface area contributed by atoms with Crippen molar-refractivity contribution < 1.29 is 9.53 Å². The molecule has 0 spiro atoms. The normalized spacial score (nSPS) is 17.6. The van der Waals surface area contributed by atoms with E-state index in [4.69, 9.17) is 16.3 Å². The monoisotopic (exact) mass is 557 g/mol. The van der Waals surface area contributed by atoms with Crippen LogP contribution in [-0.2, 0) is 4.74 Å². The second-order valence-corrected chi connectivity index (χ2v) is 11.6. The van der Waals surface area contributed by atoms with Gasteiger partial charge in [-0.25, -0.2) is 0 Å². The Morgan fingerprint density at radius 2 is 1.82 bits per heavy atom. The number of halogens is 1. The molecule has 208 valence electrons. The first kappa shape index (κ1) is 26.8. The molecule has 1 atom stereocenters. The summed E-state index contributed by atoms with van der Waals surface area (Å²) in [7, 11) is 0. The number of ether oxygens (including phenoxy) is 1. The molecule has 3 aromatic carbocycles. The van der Waals surface area contributed by atoms with Crippen molar-refractivity contribution >= 4 is 34.1 Å². The van der Waals surface area contributed by atoms with Crippen molar-refractivity contribution in [3.05, 3.63) is 82.9 Å². The van der Waals surface area contributed by atoms with Crippen LogP contribution < -0.4 is 10.2 Å². The number of hydrogen-bond donors (Lipinski definition) is 2. The van der Waals surface area contributed by atoms with E-state index >= 15 is 0 Å². The van der Waals surface area contributed by atoms with Crippen LogP contribution in [0.4, 0.5) is 5.69 Å². The summed E-state index contributed by atoms with van der Waals surface area (Å²) in [6.07, 6.45) is 1.15. The maximum atomic E-state index is 13.4. The first-order chi connectivity index (χ1) is 19.5. The number of aromatic amines is 1. The first-order valence-corrected chi connectivity index (χ1v) is 14.6. The van der Waals surface area contributed by atoms with E-state index in [-0.39, 0.29) is 17.9 Å². The molecule has 8 heteroatoms. The second kappa shape index (κ2) is 11.6. The minimum atomic E-state index is -0.193. The molecular weight excluding hydrogens is 522 g/mol. The largest absolute Gasteiger partial charge is 0.378 e. The zero-order valence-electron chi connectivity index (χ0n) is 23.1. The number of carbonyl (C=O) groups excluding carboxylic acids is 1. The molecule has 4 aromatic rings. The summed E-state index contributed by atoms with van der Waals surface area (Å²) >= 11 is 6.47. The van der Waals surface area contributed by atoms with Gasteiger partial charge in [-0.3, -0.25) is 14.8 Å². The Balaban J connectivity index is 1.19. The molecule has 1 amide bonds. The van der Waals surface area contributed by atoms with E-state index < -0.39 is 0 Å². The van der Waals surface area contributed by atoms with Gasteiger partial charge in [-0.1, -0.05) is 55.8 Å². The van der Waals surface area contributed by atoms with Crippen molar-refractivity contribution in [1.82, 2.24) is 20.4 Å². The molecule has 0 saturated carbocycles. The molecule has 2 aliphatic rings. The van der Waals surface area contributed by atoms with Gasteiger partial charge in [0.05, 0.1) is 36.5 Å². The number of benzene rings is 3. The predicted octanol–water partition coefficient (Wildman–Crippen LogP) is 5.92. The van der Waals surface area contributed by atoms with Crippen molar-refractivity contribution in [3.63, 3.8) is 0 Å². The zero-order chi connectivity index (χ0) is 27.6. The third kappa shape index (κ3) is 5.46. The third-order valence-corrected chi connectivity index (χ3v) is 8.54. The average Bonchev–Trinajstić information content (AvgIpc) is 3.21. The van der Waals surface area contributed by atoms with Crippen molar-refractivity contribution in [2.75, 3.05) is 44.3 Å². The lowest BCUT2D eigenvalue weighted by Gasteiger charge is -2.36. The Hall–Kier alpha value is -3.39. The highest BCUT2D eigenvalue weighted by molar-refractivity contribution is 6.31. The van der Waals surface area contributed by atoms with Crippen LogP contribution in [-0.4, -0.2) is 66.4 Å². The van der Waals surface area contributed by atoms with Gasteiger partial charge < -0.3 is 15.0 Å². The van der Waals surface area contributed by atoms with Crippen molar-refractivity contribution in [3.8, 4) is 11.3 Å². The van der Waals surface area contributed by atoms with Gasteiger partial charge in [0, 0.05) is 53.4 Å². The van der Waals surface area contributed by atoms with E-state index in [0.29, 0.717) is 16.6 Å². The quantitative estimate of drug-likeness (QED) is 0.295. The van der Waals surface area contributed by atoms with Gasteiger partial charge in [-0.15, -0.1) is 0 Å². The molecule has 0 aliphatic carbocycles. The fourth-order valence-electron chi connectivity index (χ4n) is 5.76. The number of nitrogens with zero attached hydrogens (tertiary/aromatic N) is 3. The van der Waals surface area contributed by atoms with Crippen molar-refractivity contribution in [2.45, 2.75) is 32.4 Å². The number of aromatic nitrogens is 2. The highest BCUT2D eigenvalue weighted by Gasteiger charge is 2.27. The Morgan fingerprint density at radius 1 is 1.02 bits per heavy atom. The van der Waals surface area contributed by atoms with Gasteiger partial charge in [0.1, 0.15) is 0 Å². The molecule has 0 radical (unpaired) electrons. The van der Waals surface area contributed by atoms with Crippen LogP contribution in [0.5, 0.6) is 0 Å². The summed E-state index contributed by atoms with van der Waals surface area (Å²) in [5.41, 5.74) is 5.51. The number of fused-ring (bicyclic) bond motifs is 1. The minimum Gasteiger partial charge on any atom is -0.378 e. The van der Waals surface area contributed by atoms with Crippen LogP contribution in [0.2, 0.25) is 5.02 Å². The number of carbonyl (C=O) groups is 1. The summed E-state index contributed by atoms with van der Waals surface area (Å²) in [6.45, 7) is 10.2. The van der Waals surface area contributed by atoms with Crippen molar-refractivity contribution in [2.24, 2.45) is 5.92 Å². The molecule has 6 rings (SSSR count). The molecule has 1 aromatic heterocycles. The fourth-order valence-corrected chi connectivity index (χ4v) is 6.01. The van der Waals surface area contributed by atoms with Gasteiger partial charge in [-0.05, 0) is 54.3 Å². The molecule has 2 saturated heterocycles. The van der Waals surface area contributed by atoms with Gasteiger partial charge in [-0.2, -0.15) is 5.10 Å². The van der Waals surface area contributed by atoms with Gasteiger partial charge in [0.25, 0.3) is 5.91 Å². The lowest BCUT2D eigenvalue weighted by Crippen LogP contribution is -2.50. The lowest BCUT2D eigenvalue weighted by atomic mass is 9.95. The van der Waals surface area contributed by atoms with Crippen LogP contribution in [0.15, 0.2) is 66.7 Å². The molecule has 0 bridgehead atoms. The molecular formula is C32H36ClN5O2. The summed E-state index contributed by atoms with van der Waals surface area (Å²) < 4.78 is 5.40. The van der Waals surface area contributed by atoms with Crippen LogP contribution >= 0.6 is 11.6 Å². The van der Waals surface area contributed by atoms with E-state index in [1.165, 1.54) is 5.69 Å². The first-order valence-electron chi connectivity index (χ1n) is 14.2. The summed E-state index contributed by atoms with van der Waals surface area (Å²) in [4.78, 5) is 18.4. The Bertz CT molecular complexity index is 1480. The lowest BCUT2D eigenvalue weighted by molar-refractivity contribution is -0.0625. The van der Waals surface area contributed by atoms with Crippen LogP contribution in [0, 0.1) is 5.92 Å². The summed E-state index contributed by atoms with van der Waals surface area (Å²) in [5, 5.41) is 12.5. The standard InChI is InChI=1S/C32H36ClN5O2/c1-21(2)30(26-6-3-4-7-28(26)33)34-32(39)23-10-13-29-27(18-23)31(36-35-29)22-8-11-24(12-9-22)37-14-5-15-38(17-16-37)25-19-40-20-25/h3-4,6-13,18,21,25,30H,5,14-17,19-20H2,1-2H3,(H,34,39)(H,35,36)/t30-/m0/s1. The Morgan fingerprint density at radius 3 is 2.55 bits per heavy atom. The second-order valence-electron chi connectivity index (χ2n) is 11.2. The number of anilines is 1. The third-order valence-electron chi connectivity index (χ3n) is 8.19. The van der Waals surface area contributed by atoms with Gasteiger partial charge >= 0.3 is 0 Å². The Kier molecular flexibility index (Phi) is 7.78. The SMILES string of the molecule is CC(C)[C@H](NC(=O)c1ccc2[nH]nc(-c3ccc(N4CCCN(C5COC5)CC4)cc3)c2c1)c1ccccc1Cl. The Labute approximate surface area is 240 Å². The van der Waals surface area contributed by atoms with E-state index in [1.807, 2.05) is 42.5 Å². The highest BCUT2D eigenvalue weighted by Crippen LogP contribution is 2.31. The maximum Gasteiger partial charge on any atom is 0.251 e. The molecule has 40 heavy (non-hydrogen) atoms. The molecule has 2 aliphatic heterocycles. The summed E-state index contributed by atoms with van der Waals surface area (Å²) in [5.74, 6) is 0.0433. The molecule has 2 fully saturated rings. The maximum absolute atomic E-state index is 13.4. The van der Waals surface area contributed by atoms with E-state index in [0.717, 1.165) is 73.5 Å². The number of hydrogen-bond acceptors (Lipinski definition) is 5. The van der Waals surface area contributed by atoms with Gasteiger partial charge in [0.2, 0.25) is 0 Å². The molecule has 2 N–H and O–H groups in total. The zero-order valence-corrected chi connectivity index (χ0v) is 23.8.